The van der Waals surface area contributed by atoms with Crippen LogP contribution >= 0.6 is 0 Å². The van der Waals surface area contributed by atoms with Gasteiger partial charge in [-0.1, -0.05) is 35.5 Å². The third-order valence-corrected chi connectivity index (χ3v) is 3.46. The predicted molar refractivity (Wildman–Crippen MR) is 79.1 cm³/mol. The van der Waals surface area contributed by atoms with Crippen molar-refractivity contribution in [2.24, 2.45) is 5.16 Å². The molecule has 110 valence electrons. The monoisotopic (exact) mass is 297 g/mol. The first-order chi connectivity index (χ1) is 10.6. The fourth-order valence-corrected chi connectivity index (χ4v) is 2.47. The molecule has 2 aromatic rings. The molecule has 0 spiro atoms. The highest BCUT2D eigenvalue weighted by molar-refractivity contribution is 6.54. The molecule has 7 nitrogen and oxygen atoms in total. The lowest BCUT2D eigenvalue weighted by molar-refractivity contribution is -0.384. The molecular weight excluding hydrogens is 286 g/mol. The highest BCUT2D eigenvalue weighted by Gasteiger charge is 2.34. The summed E-state index contributed by atoms with van der Waals surface area (Å²) in [6.45, 7) is 0.163. The zero-order chi connectivity index (χ0) is 15.7. The van der Waals surface area contributed by atoms with Gasteiger partial charge in [0.05, 0.1) is 17.2 Å². The van der Waals surface area contributed by atoms with Gasteiger partial charge in [0.25, 0.3) is 11.6 Å². The molecule has 22 heavy (non-hydrogen) atoms. The summed E-state index contributed by atoms with van der Waals surface area (Å²) in [5.74, 6) is -0.435. The van der Waals surface area contributed by atoms with Crippen molar-refractivity contribution in [1.82, 2.24) is 0 Å². The molecule has 7 heteroatoms. The van der Waals surface area contributed by atoms with Crippen molar-refractivity contribution < 1.29 is 14.9 Å². The second-order valence-electron chi connectivity index (χ2n) is 4.78. The second-order valence-corrected chi connectivity index (χ2v) is 4.78. The molecule has 3 rings (SSSR count). The van der Waals surface area contributed by atoms with E-state index in [-0.39, 0.29) is 17.9 Å². The van der Waals surface area contributed by atoms with E-state index >= 15 is 0 Å². The largest absolute Gasteiger partial charge is 0.410 e. The van der Waals surface area contributed by atoms with Crippen molar-refractivity contribution in [2.45, 2.75) is 6.54 Å². The van der Waals surface area contributed by atoms with Crippen LogP contribution in [0.3, 0.4) is 0 Å². The van der Waals surface area contributed by atoms with Crippen LogP contribution in [-0.2, 0) is 11.3 Å². The number of para-hydroxylation sites is 1. The van der Waals surface area contributed by atoms with Crippen LogP contribution in [0.4, 0.5) is 11.4 Å². The van der Waals surface area contributed by atoms with E-state index in [4.69, 9.17) is 5.21 Å². The van der Waals surface area contributed by atoms with Gasteiger partial charge in [0.2, 0.25) is 0 Å². The van der Waals surface area contributed by atoms with Crippen molar-refractivity contribution in [2.75, 3.05) is 4.90 Å². The minimum absolute atomic E-state index is 0.0268. The average Bonchev–Trinajstić information content (AvgIpc) is 2.80. The molecule has 0 aromatic heterocycles. The van der Waals surface area contributed by atoms with E-state index < -0.39 is 10.8 Å². The van der Waals surface area contributed by atoms with Gasteiger partial charge in [-0.15, -0.1) is 0 Å². The zero-order valence-corrected chi connectivity index (χ0v) is 11.3. The zero-order valence-electron chi connectivity index (χ0n) is 11.3. The molecule has 0 saturated carbocycles. The Morgan fingerprint density at radius 2 is 1.95 bits per heavy atom. The topological polar surface area (TPSA) is 96.0 Å². The predicted octanol–water partition coefficient (Wildman–Crippen LogP) is 2.32. The average molecular weight is 297 g/mol. The van der Waals surface area contributed by atoms with E-state index in [1.807, 2.05) is 0 Å². The first kappa shape index (κ1) is 13.7. The number of nitro groups is 1. The molecule has 0 fully saturated rings. The fourth-order valence-electron chi connectivity index (χ4n) is 2.47. The van der Waals surface area contributed by atoms with Crippen LogP contribution < -0.4 is 4.90 Å². The normalized spacial score (nSPS) is 15.2. The molecule has 1 amide bonds. The standard InChI is InChI=1S/C15H11N3O4/c19-15-14(16-20)12-6-1-2-7-13(12)17(15)9-10-4-3-5-11(8-10)18(21)22/h1-8,20H,9H2/b16-14-. The van der Waals surface area contributed by atoms with Crippen LogP contribution in [0.2, 0.25) is 0 Å². The Morgan fingerprint density at radius 3 is 2.68 bits per heavy atom. The molecular formula is C15H11N3O4. The number of carbonyl (C=O) groups is 1. The van der Waals surface area contributed by atoms with Crippen molar-refractivity contribution >= 4 is 23.0 Å². The molecule has 1 N–H and O–H groups in total. The molecule has 0 bridgehead atoms. The van der Waals surface area contributed by atoms with Crippen molar-refractivity contribution in [3.8, 4) is 0 Å². The van der Waals surface area contributed by atoms with Gasteiger partial charge in [0.15, 0.2) is 5.71 Å². The Hall–Kier alpha value is -3.22. The maximum Gasteiger partial charge on any atom is 0.281 e. The number of carbonyl (C=O) groups excluding carboxylic acids is 1. The van der Waals surface area contributed by atoms with E-state index in [9.17, 15) is 14.9 Å². The van der Waals surface area contributed by atoms with Crippen LogP contribution in [0.15, 0.2) is 53.7 Å². The quantitative estimate of drug-likeness (QED) is 0.534. The number of amides is 1. The van der Waals surface area contributed by atoms with E-state index in [2.05, 4.69) is 5.16 Å². The lowest BCUT2D eigenvalue weighted by Crippen LogP contribution is -2.29. The number of rotatable bonds is 3. The molecule has 2 aromatic carbocycles. The number of hydrogen-bond donors (Lipinski definition) is 1. The molecule has 0 unspecified atom stereocenters. The number of benzene rings is 2. The summed E-state index contributed by atoms with van der Waals surface area (Å²) in [5, 5.41) is 22.9. The van der Waals surface area contributed by atoms with Crippen LogP contribution in [0.25, 0.3) is 0 Å². The van der Waals surface area contributed by atoms with Crippen molar-refractivity contribution in [3.05, 3.63) is 69.8 Å². The molecule has 0 radical (unpaired) electrons. The van der Waals surface area contributed by atoms with Crippen LogP contribution in [0, 0.1) is 10.1 Å². The lowest BCUT2D eigenvalue weighted by atomic mass is 10.1. The number of fused-ring (bicyclic) bond motifs is 1. The molecule has 0 atom stereocenters. The maximum absolute atomic E-state index is 12.3. The van der Waals surface area contributed by atoms with Gasteiger partial charge in [-0.3, -0.25) is 14.9 Å². The van der Waals surface area contributed by atoms with Crippen LogP contribution in [0.5, 0.6) is 0 Å². The van der Waals surface area contributed by atoms with Gasteiger partial charge in [-0.2, -0.15) is 0 Å². The molecule has 0 saturated heterocycles. The van der Waals surface area contributed by atoms with Gasteiger partial charge in [0, 0.05) is 17.7 Å². The van der Waals surface area contributed by atoms with Gasteiger partial charge in [-0.05, 0) is 11.6 Å². The van der Waals surface area contributed by atoms with Crippen molar-refractivity contribution in [1.29, 1.82) is 0 Å². The van der Waals surface area contributed by atoms with Crippen molar-refractivity contribution in [3.63, 3.8) is 0 Å². The Morgan fingerprint density at radius 1 is 1.18 bits per heavy atom. The maximum atomic E-state index is 12.3. The SMILES string of the molecule is O=C1/C(=N\O)c2ccccc2N1Cc1cccc([N+](=O)[O-])c1. The Kier molecular flexibility index (Phi) is 3.30. The highest BCUT2D eigenvalue weighted by Crippen LogP contribution is 2.30. The highest BCUT2D eigenvalue weighted by atomic mass is 16.6. The third-order valence-electron chi connectivity index (χ3n) is 3.46. The molecule has 0 aliphatic carbocycles. The minimum Gasteiger partial charge on any atom is -0.410 e. The Bertz CT molecular complexity index is 801. The van der Waals surface area contributed by atoms with Crippen LogP contribution in [-0.4, -0.2) is 21.7 Å². The number of nitrogens with zero attached hydrogens (tertiary/aromatic N) is 3. The third kappa shape index (κ3) is 2.18. The van der Waals surface area contributed by atoms with Gasteiger partial charge in [0.1, 0.15) is 0 Å². The molecule has 1 aliphatic heterocycles. The number of anilines is 1. The summed E-state index contributed by atoms with van der Waals surface area (Å²) in [7, 11) is 0. The number of oxime groups is 1. The number of nitro benzene ring substituents is 1. The molecule has 1 aliphatic rings. The van der Waals surface area contributed by atoms with E-state index in [1.165, 1.54) is 17.0 Å². The molecule has 1 heterocycles. The summed E-state index contributed by atoms with van der Waals surface area (Å²) in [5.41, 5.74) is 1.72. The van der Waals surface area contributed by atoms with Crippen LogP contribution in [0.1, 0.15) is 11.1 Å². The first-order valence-electron chi connectivity index (χ1n) is 6.48. The Balaban J connectivity index is 1.98. The smallest absolute Gasteiger partial charge is 0.281 e. The minimum atomic E-state index is -0.482. The van der Waals surface area contributed by atoms with Gasteiger partial charge >= 0.3 is 0 Å². The summed E-state index contributed by atoms with van der Waals surface area (Å²) >= 11 is 0. The summed E-state index contributed by atoms with van der Waals surface area (Å²) in [4.78, 5) is 24.1. The summed E-state index contributed by atoms with van der Waals surface area (Å²) < 4.78 is 0. The van der Waals surface area contributed by atoms with Gasteiger partial charge < -0.3 is 10.1 Å². The summed E-state index contributed by atoms with van der Waals surface area (Å²) in [6, 6.07) is 13.0. The summed E-state index contributed by atoms with van der Waals surface area (Å²) in [6.07, 6.45) is 0. The second kappa shape index (κ2) is 5.28. The van der Waals surface area contributed by atoms with E-state index in [0.29, 0.717) is 16.8 Å². The first-order valence-corrected chi connectivity index (χ1v) is 6.48. The Labute approximate surface area is 125 Å². The van der Waals surface area contributed by atoms with E-state index in [1.54, 1.807) is 36.4 Å². The number of non-ortho nitro benzene ring substituents is 1. The lowest BCUT2D eigenvalue weighted by Gasteiger charge is -2.16. The number of hydrogen-bond acceptors (Lipinski definition) is 5. The fraction of sp³-hybridized carbons (Fsp3) is 0.0667. The van der Waals surface area contributed by atoms with Gasteiger partial charge in [-0.25, -0.2) is 0 Å². The van der Waals surface area contributed by atoms with E-state index in [0.717, 1.165) is 0 Å².